The molecule has 21 heavy (non-hydrogen) atoms. The first-order chi connectivity index (χ1) is 9.83. The predicted molar refractivity (Wildman–Crippen MR) is 84.5 cm³/mol. The van der Waals surface area contributed by atoms with E-state index in [2.05, 4.69) is 53.6 Å². The molecule has 5 nitrogen and oxygen atoms in total. The molecule has 2 rings (SSSR count). The Bertz CT molecular complexity index is 570. The summed E-state index contributed by atoms with van der Waals surface area (Å²) in [6.45, 7) is 7.33. The largest absolute Gasteiger partial charge is 0.311 e. The fraction of sp³-hybridized carbons (Fsp3) is 0.533. The third-order valence-electron chi connectivity index (χ3n) is 3.20. The molecule has 0 aliphatic rings. The highest BCUT2D eigenvalue weighted by atomic mass is 35.5. The molecule has 0 aliphatic heterocycles. The molecule has 2 aromatic rings. The lowest BCUT2D eigenvalue weighted by atomic mass is 9.94. The summed E-state index contributed by atoms with van der Waals surface area (Å²) in [7, 11) is 1.78. The van der Waals surface area contributed by atoms with Crippen LogP contribution >= 0.6 is 11.6 Å². The van der Waals surface area contributed by atoms with Crippen molar-refractivity contribution >= 4 is 11.6 Å². The number of nitrogens with one attached hydrogen (secondary N) is 1. The molecule has 1 unspecified atom stereocenters. The third kappa shape index (κ3) is 5.10. The van der Waals surface area contributed by atoms with Crippen molar-refractivity contribution in [2.45, 2.75) is 38.6 Å². The molecule has 0 aliphatic carbocycles. The molecule has 1 N–H and O–H groups in total. The van der Waals surface area contributed by atoms with E-state index in [4.69, 9.17) is 11.6 Å². The van der Waals surface area contributed by atoms with Gasteiger partial charge in [0, 0.05) is 29.4 Å². The fourth-order valence-corrected chi connectivity index (χ4v) is 2.22. The van der Waals surface area contributed by atoms with E-state index < -0.39 is 0 Å². The van der Waals surface area contributed by atoms with E-state index in [-0.39, 0.29) is 11.5 Å². The van der Waals surface area contributed by atoms with Gasteiger partial charge in [-0.25, -0.2) is 0 Å². The smallest absolute Gasteiger partial charge is 0.175 e. The van der Waals surface area contributed by atoms with E-state index >= 15 is 0 Å². The predicted octanol–water partition coefficient (Wildman–Crippen LogP) is 2.58. The van der Waals surface area contributed by atoms with Crippen molar-refractivity contribution in [3.05, 3.63) is 40.7 Å². The van der Waals surface area contributed by atoms with Crippen LogP contribution in [0, 0.1) is 0 Å². The van der Waals surface area contributed by atoms with Crippen molar-refractivity contribution in [3.8, 4) is 0 Å². The summed E-state index contributed by atoms with van der Waals surface area (Å²) in [4.78, 5) is 1.49. The molecule has 0 radical (unpaired) electrons. The molecule has 0 saturated heterocycles. The molecule has 1 heterocycles. The van der Waals surface area contributed by atoms with Crippen LogP contribution in [0.25, 0.3) is 0 Å². The van der Waals surface area contributed by atoms with Crippen molar-refractivity contribution in [2.75, 3.05) is 6.54 Å². The Labute approximate surface area is 130 Å². The monoisotopic (exact) mass is 307 g/mol. The van der Waals surface area contributed by atoms with Crippen LogP contribution in [0.15, 0.2) is 24.3 Å². The number of halogens is 1. The zero-order valence-corrected chi connectivity index (χ0v) is 13.7. The van der Waals surface area contributed by atoms with Crippen LogP contribution in [0.4, 0.5) is 0 Å². The van der Waals surface area contributed by atoms with Crippen LogP contribution < -0.4 is 5.32 Å². The second-order valence-electron chi connectivity index (χ2n) is 6.28. The summed E-state index contributed by atoms with van der Waals surface area (Å²) >= 11 is 5.98. The molecule has 0 bridgehead atoms. The summed E-state index contributed by atoms with van der Waals surface area (Å²) in [6, 6.07) is 7.97. The first-order valence-corrected chi connectivity index (χ1v) is 7.45. The van der Waals surface area contributed by atoms with Gasteiger partial charge in [-0.15, -0.1) is 10.2 Å². The van der Waals surface area contributed by atoms with E-state index in [0.717, 1.165) is 23.8 Å². The molecule has 0 saturated carbocycles. The highest BCUT2D eigenvalue weighted by Gasteiger charge is 2.18. The molecule has 1 atom stereocenters. The van der Waals surface area contributed by atoms with Gasteiger partial charge in [-0.05, 0) is 43.7 Å². The minimum absolute atomic E-state index is 0.0699. The minimum Gasteiger partial charge on any atom is -0.311 e. The molecule has 6 heteroatoms. The van der Waals surface area contributed by atoms with E-state index in [0.29, 0.717) is 0 Å². The van der Waals surface area contributed by atoms with E-state index in [1.54, 1.807) is 7.05 Å². The summed E-state index contributed by atoms with van der Waals surface area (Å²) in [5.41, 5.74) is 1.30. The van der Waals surface area contributed by atoms with E-state index in [1.165, 1.54) is 10.4 Å². The number of benzene rings is 1. The standard InChI is InChI=1S/C15H22ClN5/c1-15(2,3)17-10-12(9-14-18-20-21(4)19-14)11-5-7-13(16)8-6-11/h5-8,12,17H,9-10H2,1-4H3. The molecular formula is C15H22ClN5. The van der Waals surface area contributed by atoms with Crippen LogP contribution in [-0.4, -0.2) is 32.3 Å². The van der Waals surface area contributed by atoms with Gasteiger partial charge < -0.3 is 5.32 Å². The van der Waals surface area contributed by atoms with Gasteiger partial charge in [0.2, 0.25) is 0 Å². The summed E-state index contributed by atoms with van der Waals surface area (Å²) < 4.78 is 0. The topological polar surface area (TPSA) is 55.6 Å². The molecule has 0 amide bonds. The Morgan fingerprint density at radius 2 is 1.90 bits per heavy atom. The lowest BCUT2D eigenvalue weighted by molar-refractivity contribution is 0.403. The minimum atomic E-state index is 0.0699. The maximum Gasteiger partial charge on any atom is 0.175 e. The van der Waals surface area contributed by atoms with Gasteiger partial charge in [0.15, 0.2) is 5.82 Å². The number of tetrazole rings is 1. The molecule has 1 aromatic heterocycles. The summed E-state index contributed by atoms with van der Waals surface area (Å²) in [5, 5.41) is 16.6. The zero-order chi connectivity index (χ0) is 15.5. The van der Waals surface area contributed by atoms with Crippen molar-refractivity contribution in [2.24, 2.45) is 7.05 Å². The maximum atomic E-state index is 5.98. The van der Waals surface area contributed by atoms with Gasteiger partial charge in [0.05, 0.1) is 7.05 Å². The maximum absolute atomic E-state index is 5.98. The number of hydrogen-bond donors (Lipinski definition) is 1. The second-order valence-corrected chi connectivity index (χ2v) is 6.72. The zero-order valence-electron chi connectivity index (χ0n) is 13.0. The first-order valence-electron chi connectivity index (χ1n) is 7.07. The molecule has 0 fully saturated rings. The average Bonchev–Trinajstić information content (AvgIpc) is 2.80. The van der Waals surface area contributed by atoms with Gasteiger partial charge in [-0.2, -0.15) is 4.80 Å². The Balaban J connectivity index is 2.15. The van der Waals surface area contributed by atoms with Crippen LogP contribution in [0.2, 0.25) is 5.02 Å². The van der Waals surface area contributed by atoms with Gasteiger partial charge in [0.1, 0.15) is 0 Å². The van der Waals surface area contributed by atoms with Crippen molar-refractivity contribution in [3.63, 3.8) is 0 Å². The normalized spacial score (nSPS) is 13.4. The van der Waals surface area contributed by atoms with Crippen LogP contribution in [0.5, 0.6) is 0 Å². The number of nitrogens with zero attached hydrogens (tertiary/aromatic N) is 4. The number of aromatic nitrogens is 4. The SMILES string of the molecule is Cn1nnc(CC(CNC(C)(C)C)c2ccc(Cl)cc2)n1. The van der Waals surface area contributed by atoms with Crippen LogP contribution in [0.1, 0.15) is 38.1 Å². The quantitative estimate of drug-likeness (QED) is 0.922. The molecule has 1 aromatic carbocycles. The lowest BCUT2D eigenvalue weighted by Gasteiger charge is -2.25. The number of rotatable bonds is 5. The first kappa shape index (κ1) is 15.9. The second kappa shape index (κ2) is 6.54. The van der Waals surface area contributed by atoms with Gasteiger partial charge >= 0.3 is 0 Å². The highest BCUT2D eigenvalue weighted by Crippen LogP contribution is 2.21. The summed E-state index contributed by atoms with van der Waals surface area (Å²) in [5.74, 6) is 1.04. The van der Waals surface area contributed by atoms with Gasteiger partial charge in [-0.1, -0.05) is 23.7 Å². The number of hydrogen-bond acceptors (Lipinski definition) is 4. The molecule has 114 valence electrons. The van der Waals surface area contributed by atoms with Gasteiger partial charge in [-0.3, -0.25) is 0 Å². The Hall–Kier alpha value is -1.46. The average molecular weight is 308 g/mol. The van der Waals surface area contributed by atoms with Crippen LogP contribution in [0.3, 0.4) is 0 Å². The summed E-state index contributed by atoms with van der Waals surface area (Å²) in [6.07, 6.45) is 0.749. The third-order valence-corrected chi connectivity index (χ3v) is 3.45. The number of aryl methyl sites for hydroxylation is 1. The lowest BCUT2D eigenvalue weighted by Crippen LogP contribution is -2.39. The van der Waals surface area contributed by atoms with Gasteiger partial charge in [0.25, 0.3) is 0 Å². The Kier molecular flexibility index (Phi) is 4.96. The molecular weight excluding hydrogens is 286 g/mol. The van der Waals surface area contributed by atoms with Crippen molar-refractivity contribution in [1.29, 1.82) is 0 Å². The highest BCUT2D eigenvalue weighted by molar-refractivity contribution is 6.30. The molecule has 0 spiro atoms. The fourth-order valence-electron chi connectivity index (χ4n) is 2.10. The van der Waals surface area contributed by atoms with Crippen molar-refractivity contribution < 1.29 is 0 Å². The van der Waals surface area contributed by atoms with Crippen molar-refractivity contribution in [1.82, 2.24) is 25.5 Å². The van der Waals surface area contributed by atoms with Crippen LogP contribution in [-0.2, 0) is 13.5 Å². The van der Waals surface area contributed by atoms with E-state index in [1.807, 2.05) is 12.1 Å². The Morgan fingerprint density at radius 1 is 1.24 bits per heavy atom. The Morgan fingerprint density at radius 3 is 2.43 bits per heavy atom. The van der Waals surface area contributed by atoms with E-state index in [9.17, 15) is 0 Å².